The highest BCUT2D eigenvalue weighted by Gasteiger charge is 2.44. The molecule has 1 heterocycles. The smallest absolute Gasteiger partial charge is 0.243 e. The molecule has 1 aliphatic carbocycles. The molecule has 2 fully saturated rings. The summed E-state index contributed by atoms with van der Waals surface area (Å²) in [5.41, 5.74) is -0.342. The number of hydrogen-bond acceptors (Lipinski definition) is 3. The Hall–Kier alpha value is -0.610. The van der Waals surface area contributed by atoms with Crippen molar-refractivity contribution in [2.75, 3.05) is 13.8 Å². The second kappa shape index (κ2) is 4.34. The van der Waals surface area contributed by atoms with E-state index in [4.69, 9.17) is 4.74 Å². The Labute approximate surface area is 97.3 Å². The number of amides is 1. The summed E-state index contributed by atoms with van der Waals surface area (Å²) in [7, 11) is 1.76. The third-order valence-corrected chi connectivity index (χ3v) is 4.21. The third-order valence-electron chi connectivity index (χ3n) is 4.21. The van der Waals surface area contributed by atoms with Crippen LogP contribution in [0.4, 0.5) is 0 Å². The van der Waals surface area contributed by atoms with E-state index in [1.54, 1.807) is 7.11 Å². The minimum Gasteiger partial charge on any atom is -0.381 e. The molecule has 1 saturated carbocycles. The first-order valence-corrected chi connectivity index (χ1v) is 6.19. The zero-order valence-electron chi connectivity index (χ0n) is 10.5. The molecule has 1 amide bonds. The van der Waals surface area contributed by atoms with Crippen molar-refractivity contribution in [1.82, 2.24) is 10.2 Å². The van der Waals surface area contributed by atoms with Crippen LogP contribution in [0.1, 0.15) is 39.5 Å². The maximum Gasteiger partial charge on any atom is 0.243 e. The molecule has 2 aliphatic rings. The number of carbonyl (C=O) groups excluding carboxylic acids is 1. The van der Waals surface area contributed by atoms with Gasteiger partial charge in [0.2, 0.25) is 5.91 Å². The SMILES string of the molecule is CCC1(C)NCN(C2CCC(OC)C2)C1=O. The van der Waals surface area contributed by atoms with Crippen LogP contribution in [-0.2, 0) is 9.53 Å². The predicted octanol–water partition coefficient (Wildman–Crippen LogP) is 1.11. The van der Waals surface area contributed by atoms with Gasteiger partial charge in [0.15, 0.2) is 0 Å². The van der Waals surface area contributed by atoms with Crippen LogP contribution in [0, 0.1) is 0 Å². The molecule has 1 saturated heterocycles. The van der Waals surface area contributed by atoms with E-state index in [9.17, 15) is 4.79 Å². The van der Waals surface area contributed by atoms with Gasteiger partial charge >= 0.3 is 0 Å². The van der Waals surface area contributed by atoms with Gasteiger partial charge in [-0.1, -0.05) is 6.92 Å². The van der Waals surface area contributed by atoms with E-state index < -0.39 is 0 Å². The number of carbonyl (C=O) groups is 1. The lowest BCUT2D eigenvalue weighted by molar-refractivity contribution is -0.133. The molecule has 16 heavy (non-hydrogen) atoms. The number of methoxy groups -OCH3 is 1. The molecule has 0 aromatic heterocycles. The maximum absolute atomic E-state index is 12.3. The van der Waals surface area contributed by atoms with Gasteiger partial charge in [-0.25, -0.2) is 0 Å². The average molecular weight is 226 g/mol. The predicted molar refractivity (Wildman–Crippen MR) is 62.0 cm³/mol. The summed E-state index contributed by atoms with van der Waals surface area (Å²) >= 11 is 0. The first kappa shape index (κ1) is 11.9. The number of hydrogen-bond donors (Lipinski definition) is 1. The normalized spacial score (nSPS) is 39.7. The first-order chi connectivity index (χ1) is 7.60. The van der Waals surface area contributed by atoms with Crippen molar-refractivity contribution in [2.45, 2.75) is 57.2 Å². The van der Waals surface area contributed by atoms with E-state index in [1.807, 2.05) is 11.8 Å². The quantitative estimate of drug-likeness (QED) is 0.784. The molecule has 0 spiro atoms. The van der Waals surface area contributed by atoms with Gasteiger partial charge in [0.25, 0.3) is 0 Å². The standard InChI is InChI=1S/C12H22N2O2/c1-4-12(2)11(15)14(8-13-12)9-5-6-10(7-9)16-3/h9-10,13H,4-8H2,1-3H3. The zero-order valence-corrected chi connectivity index (χ0v) is 10.5. The molecule has 1 N–H and O–H groups in total. The van der Waals surface area contributed by atoms with E-state index in [2.05, 4.69) is 12.2 Å². The molecule has 92 valence electrons. The van der Waals surface area contributed by atoms with Gasteiger partial charge in [-0.05, 0) is 32.6 Å². The fourth-order valence-electron chi connectivity index (χ4n) is 2.71. The average Bonchev–Trinajstić information content (AvgIpc) is 2.86. The summed E-state index contributed by atoms with van der Waals surface area (Å²) in [6.45, 7) is 4.75. The van der Waals surface area contributed by atoms with E-state index >= 15 is 0 Å². The van der Waals surface area contributed by atoms with Crippen LogP contribution in [0.15, 0.2) is 0 Å². The summed E-state index contributed by atoms with van der Waals surface area (Å²) in [5.74, 6) is 0.261. The van der Waals surface area contributed by atoms with Crippen molar-refractivity contribution in [3.63, 3.8) is 0 Å². The largest absolute Gasteiger partial charge is 0.381 e. The summed E-state index contributed by atoms with van der Waals surface area (Å²) in [4.78, 5) is 14.3. The molecule has 0 aromatic carbocycles. The van der Waals surface area contributed by atoms with Crippen LogP contribution < -0.4 is 5.32 Å². The molecule has 0 aromatic rings. The molecule has 3 unspecified atom stereocenters. The first-order valence-electron chi connectivity index (χ1n) is 6.19. The van der Waals surface area contributed by atoms with E-state index in [0.717, 1.165) is 25.7 Å². The minimum atomic E-state index is -0.342. The van der Waals surface area contributed by atoms with Crippen molar-refractivity contribution in [3.05, 3.63) is 0 Å². The van der Waals surface area contributed by atoms with Crippen molar-refractivity contribution in [1.29, 1.82) is 0 Å². The van der Waals surface area contributed by atoms with Gasteiger partial charge in [-0.3, -0.25) is 10.1 Å². The van der Waals surface area contributed by atoms with E-state index in [-0.39, 0.29) is 11.4 Å². The Morgan fingerprint density at radius 1 is 1.56 bits per heavy atom. The van der Waals surface area contributed by atoms with Crippen LogP contribution in [-0.4, -0.2) is 42.3 Å². The molecule has 4 heteroatoms. The highest BCUT2D eigenvalue weighted by Crippen LogP contribution is 2.30. The van der Waals surface area contributed by atoms with Crippen molar-refractivity contribution in [2.24, 2.45) is 0 Å². The molecule has 0 bridgehead atoms. The lowest BCUT2D eigenvalue weighted by atomic mass is 9.99. The Morgan fingerprint density at radius 2 is 2.31 bits per heavy atom. The van der Waals surface area contributed by atoms with Crippen LogP contribution in [0.3, 0.4) is 0 Å². The highest BCUT2D eigenvalue weighted by molar-refractivity contribution is 5.88. The van der Waals surface area contributed by atoms with Crippen LogP contribution in [0.25, 0.3) is 0 Å². The molecule has 1 aliphatic heterocycles. The molecule has 0 radical (unpaired) electrons. The molecular formula is C12H22N2O2. The monoisotopic (exact) mass is 226 g/mol. The highest BCUT2D eigenvalue weighted by atomic mass is 16.5. The minimum absolute atomic E-state index is 0.261. The number of nitrogens with zero attached hydrogens (tertiary/aromatic N) is 1. The van der Waals surface area contributed by atoms with Crippen LogP contribution in [0.2, 0.25) is 0 Å². The fraction of sp³-hybridized carbons (Fsp3) is 0.917. The Balaban J connectivity index is 2.00. The van der Waals surface area contributed by atoms with E-state index in [0.29, 0.717) is 18.8 Å². The lowest BCUT2D eigenvalue weighted by Gasteiger charge is -2.25. The number of nitrogens with one attached hydrogen (secondary N) is 1. The number of ether oxygens (including phenoxy) is 1. The Morgan fingerprint density at radius 3 is 2.81 bits per heavy atom. The Bertz CT molecular complexity index is 282. The lowest BCUT2D eigenvalue weighted by Crippen LogP contribution is -2.44. The molecule has 3 atom stereocenters. The van der Waals surface area contributed by atoms with Crippen molar-refractivity contribution < 1.29 is 9.53 Å². The summed E-state index contributed by atoms with van der Waals surface area (Å²) in [6, 6.07) is 0.373. The van der Waals surface area contributed by atoms with Gasteiger partial charge in [-0.15, -0.1) is 0 Å². The van der Waals surface area contributed by atoms with Gasteiger partial charge in [0.05, 0.1) is 18.3 Å². The summed E-state index contributed by atoms with van der Waals surface area (Å²) in [6.07, 6.45) is 4.33. The fourth-order valence-corrected chi connectivity index (χ4v) is 2.71. The van der Waals surface area contributed by atoms with Crippen LogP contribution in [0.5, 0.6) is 0 Å². The van der Waals surface area contributed by atoms with Gasteiger partial charge in [0, 0.05) is 13.2 Å². The summed E-state index contributed by atoms with van der Waals surface area (Å²) < 4.78 is 5.36. The van der Waals surface area contributed by atoms with Gasteiger partial charge < -0.3 is 9.64 Å². The van der Waals surface area contributed by atoms with Gasteiger partial charge in [-0.2, -0.15) is 0 Å². The third kappa shape index (κ3) is 1.84. The molecular weight excluding hydrogens is 204 g/mol. The zero-order chi connectivity index (χ0) is 11.8. The second-order valence-electron chi connectivity index (χ2n) is 5.12. The van der Waals surface area contributed by atoms with Gasteiger partial charge in [0.1, 0.15) is 0 Å². The van der Waals surface area contributed by atoms with Crippen LogP contribution >= 0.6 is 0 Å². The maximum atomic E-state index is 12.3. The second-order valence-corrected chi connectivity index (χ2v) is 5.12. The van der Waals surface area contributed by atoms with E-state index in [1.165, 1.54) is 0 Å². The van der Waals surface area contributed by atoms with Crippen molar-refractivity contribution in [3.8, 4) is 0 Å². The summed E-state index contributed by atoms with van der Waals surface area (Å²) in [5, 5.41) is 3.33. The van der Waals surface area contributed by atoms with Crippen molar-refractivity contribution >= 4 is 5.91 Å². The molecule has 2 rings (SSSR count). The topological polar surface area (TPSA) is 41.6 Å². The molecule has 4 nitrogen and oxygen atoms in total. The Kier molecular flexibility index (Phi) is 3.22. The number of rotatable bonds is 3.